The van der Waals surface area contributed by atoms with Gasteiger partial charge in [0.05, 0.1) is 12.2 Å². The van der Waals surface area contributed by atoms with Crippen molar-refractivity contribution in [2.75, 3.05) is 16.0 Å². The van der Waals surface area contributed by atoms with Gasteiger partial charge in [-0.2, -0.15) is 0 Å². The molecule has 0 bridgehead atoms. The molecule has 384 valence electrons. The number of aliphatic hydroxyl groups excluding tert-OH is 2. The van der Waals surface area contributed by atoms with Crippen LogP contribution in [-0.4, -0.2) is 57.0 Å². The maximum absolute atomic E-state index is 15.0. The highest BCUT2D eigenvalue weighted by Crippen LogP contribution is 2.47. The van der Waals surface area contributed by atoms with E-state index in [4.69, 9.17) is 9.47 Å². The van der Waals surface area contributed by atoms with Crippen molar-refractivity contribution in [1.82, 2.24) is 5.32 Å². The SMILES string of the molecule is CCCC(CC)(Nc1ccc(OC2CCC(NC(O)c3cccc(C(=O)C(C)(C)CC)c3)CC2)cc1)C(C)(CC)C(=O)C1C=C(C(=O)Nc2ccc(Oc3ccc(NC(C)(C)CC)cc3)cc2)CC(O)C1. The monoisotopic (exact) mass is 971 g/mol. The molecule has 2 aliphatic carbocycles. The number of allylic oxidation sites excluding steroid dienone is 1. The second-order valence-electron chi connectivity index (χ2n) is 21.6. The van der Waals surface area contributed by atoms with Crippen LogP contribution in [-0.2, 0) is 9.59 Å². The van der Waals surface area contributed by atoms with Gasteiger partial charge in [-0.1, -0.05) is 86.1 Å². The summed E-state index contributed by atoms with van der Waals surface area (Å²) in [6.45, 7) is 20.8. The molecule has 5 atom stereocenters. The summed E-state index contributed by atoms with van der Waals surface area (Å²) in [5, 5.41) is 36.0. The van der Waals surface area contributed by atoms with Crippen molar-refractivity contribution in [2.24, 2.45) is 16.7 Å². The fourth-order valence-electron chi connectivity index (χ4n) is 10.3. The Balaban J connectivity index is 1.05. The van der Waals surface area contributed by atoms with Gasteiger partial charge in [0.2, 0.25) is 0 Å². The Kier molecular flexibility index (Phi) is 18.4. The van der Waals surface area contributed by atoms with Crippen LogP contribution in [0.2, 0.25) is 0 Å². The summed E-state index contributed by atoms with van der Waals surface area (Å²) >= 11 is 0. The predicted molar refractivity (Wildman–Crippen MR) is 287 cm³/mol. The van der Waals surface area contributed by atoms with E-state index in [1.54, 1.807) is 30.3 Å². The lowest BCUT2D eigenvalue weighted by Gasteiger charge is -2.50. The van der Waals surface area contributed by atoms with Gasteiger partial charge in [-0.25, -0.2) is 0 Å². The average molecular weight is 971 g/mol. The van der Waals surface area contributed by atoms with Crippen molar-refractivity contribution in [3.05, 3.63) is 120 Å². The van der Waals surface area contributed by atoms with Crippen LogP contribution in [0.1, 0.15) is 168 Å². The number of rotatable bonds is 24. The topological polar surface area (TPSA) is 158 Å². The number of anilines is 3. The molecule has 71 heavy (non-hydrogen) atoms. The molecule has 1 amide bonds. The number of nitrogens with one attached hydrogen (secondary N) is 4. The molecule has 4 aromatic carbocycles. The molecule has 0 saturated heterocycles. The normalized spacial score (nSPS) is 20.6. The van der Waals surface area contributed by atoms with Crippen LogP contribution in [0.4, 0.5) is 17.1 Å². The van der Waals surface area contributed by atoms with Crippen LogP contribution in [0, 0.1) is 16.7 Å². The van der Waals surface area contributed by atoms with Crippen LogP contribution >= 0.6 is 0 Å². The first-order valence-electron chi connectivity index (χ1n) is 26.3. The molecule has 5 unspecified atom stereocenters. The number of aliphatic hydroxyl groups is 2. The Hall–Kier alpha value is -5.49. The Morgan fingerprint density at radius 1 is 0.704 bits per heavy atom. The highest BCUT2D eigenvalue weighted by molar-refractivity contribution is 6.05. The lowest BCUT2D eigenvalue weighted by molar-refractivity contribution is -0.136. The minimum absolute atomic E-state index is 0.0102. The lowest BCUT2D eigenvalue weighted by atomic mass is 9.59. The molecule has 0 heterocycles. The largest absolute Gasteiger partial charge is 0.490 e. The van der Waals surface area contributed by atoms with E-state index >= 15 is 0 Å². The van der Waals surface area contributed by atoms with Crippen molar-refractivity contribution >= 4 is 34.5 Å². The third-order valence-electron chi connectivity index (χ3n) is 15.7. The Labute approximate surface area is 424 Å². The number of ether oxygens (including phenoxy) is 2. The van der Waals surface area contributed by atoms with Crippen LogP contribution in [0.3, 0.4) is 0 Å². The number of Topliss-reactive ketones (excluding diaryl/α,β-unsaturated/α-hetero) is 2. The molecule has 11 nitrogen and oxygen atoms in total. The summed E-state index contributed by atoms with van der Waals surface area (Å²) in [5.74, 6) is 1.23. The zero-order valence-corrected chi connectivity index (χ0v) is 44.1. The number of hydrogen-bond donors (Lipinski definition) is 6. The summed E-state index contributed by atoms with van der Waals surface area (Å²) in [4.78, 5) is 41.8. The van der Waals surface area contributed by atoms with Crippen molar-refractivity contribution in [3.8, 4) is 17.2 Å². The molecule has 0 aromatic heterocycles. The molecule has 1 saturated carbocycles. The molecule has 2 aliphatic rings. The molecular formula is C60H82N4O7. The van der Waals surface area contributed by atoms with Crippen molar-refractivity contribution < 1.29 is 34.1 Å². The standard InChI is InChI=1S/C60H82N4O7/c1-11-35-60(15-5,64-47-25-33-52(34-26-47)71-49-27-19-44(20-28-49)61-55(68)41-18-16-17-40(36-41)53(66)57(6,7)12-2)59(10,14-4)54(67)42-37-43(39-48(65)38-42)56(69)62-45-21-29-50(30-22-45)70-51-31-23-46(24-32-51)63-58(8,9)13-3/h16-18,21-26,29-34,36-37,42,44,48-49,55,61,63-65,68H,11-15,19-20,27-28,35,38-39H2,1-10H3,(H,62,69). The first-order chi connectivity index (χ1) is 33.8. The van der Waals surface area contributed by atoms with Crippen LogP contribution in [0.25, 0.3) is 0 Å². The Morgan fingerprint density at radius 3 is 1.86 bits per heavy atom. The molecule has 11 heteroatoms. The van der Waals surface area contributed by atoms with Gasteiger partial charge in [0, 0.05) is 68.5 Å². The van der Waals surface area contributed by atoms with E-state index in [1.165, 1.54) is 0 Å². The lowest BCUT2D eigenvalue weighted by Crippen LogP contribution is -2.57. The van der Waals surface area contributed by atoms with Crippen LogP contribution < -0.4 is 30.7 Å². The van der Waals surface area contributed by atoms with Gasteiger partial charge >= 0.3 is 0 Å². The smallest absolute Gasteiger partial charge is 0.251 e. The van der Waals surface area contributed by atoms with Crippen LogP contribution in [0.5, 0.6) is 17.2 Å². The number of amides is 1. The van der Waals surface area contributed by atoms with E-state index in [0.29, 0.717) is 46.7 Å². The van der Waals surface area contributed by atoms with E-state index < -0.39 is 34.6 Å². The molecule has 0 radical (unpaired) electrons. The molecule has 6 N–H and O–H groups in total. The van der Waals surface area contributed by atoms with Gasteiger partial charge in [-0.15, -0.1) is 0 Å². The molecular weight excluding hydrogens is 889 g/mol. The van der Waals surface area contributed by atoms with E-state index in [9.17, 15) is 24.6 Å². The van der Waals surface area contributed by atoms with E-state index in [-0.39, 0.29) is 48.0 Å². The summed E-state index contributed by atoms with van der Waals surface area (Å²) in [5.41, 5.74) is 2.30. The van der Waals surface area contributed by atoms with Crippen molar-refractivity contribution in [2.45, 2.75) is 182 Å². The van der Waals surface area contributed by atoms with Gasteiger partial charge in [-0.05, 0) is 162 Å². The molecule has 0 spiro atoms. The summed E-state index contributed by atoms with van der Waals surface area (Å²) in [6, 6.07) is 30.5. The second kappa shape index (κ2) is 23.8. The minimum Gasteiger partial charge on any atom is -0.490 e. The number of carbonyl (C=O) groups excluding carboxylic acids is 3. The summed E-state index contributed by atoms with van der Waals surface area (Å²) in [6.07, 6.45) is 8.51. The maximum atomic E-state index is 15.0. The molecule has 6 rings (SSSR count). The number of ketones is 2. The van der Waals surface area contributed by atoms with Gasteiger partial charge in [0.1, 0.15) is 29.3 Å². The number of hydrogen-bond acceptors (Lipinski definition) is 10. The Morgan fingerprint density at radius 2 is 1.30 bits per heavy atom. The van der Waals surface area contributed by atoms with Crippen LogP contribution in [0.15, 0.2) is 109 Å². The van der Waals surface area contributed by atoms with Gasteiger partial charge in [0.25, 0.3) is 5.91 Å². The predicted octanol–water partition coefficient (Wildman–Crippen LogP) is 13.4. The number of benzene rings is 4. The molecule has 0 aliphatic heterocycles. The molecule has 4 aromatic rings. The molecule has 1 fully saturated rings. The van der Waals surface area contributed by atoms with E-state index in [1.807, 2.05) is 100 Å². The third kappa shape index (κ3) is 13.7. The Bertz CT molecular complexity index is 2420. The van der Waals surface area contributed by atoms with Crippen molar-refractivity contribution in [3.63, 3.8) is 0 Å². The highest BCUT2D eigenvalue weighted by atomic mass is 16.5. The highest BCUT2D eigenvalue weighted by Gasteiger charge is 2.52. The van der Waals surface area contributed by atoms with E-state index in [0.717, 1.165) is 68.5 Å². The fraction of sp³-hybridized carbons (Fsp3) is 0.517. The van der Waals surface area contributed by atoms with Gasteiger partial charge in [0.15, 0.2) is 5.78 Å². The number of carbonyl (C=O) groups is 3. The zero-order valence-electron chi connectivity index (χ0n) is 44.1. The first-order valence-corrected chi connectivity index (χ1v) is 26.3. The average Bonchev–Trinajstić information content (AvgIpc) is 3.37. The van der Waals surface area contributed by atoms with Gasteiger partial charge in [-0.3, -0.25) is 19.7 Å². The second-order valence-corrected chi connectivity index (χ2v) is 21.6. The third-order valence-corrected chi connectivity index (χ3v) is 15.7. The summed E-state index contributed by atoms with van der Waals surface area (Å²) in [7, 11) is 0. The zero-order chi connectivity index (χ0) is 51.6. The minimum atomic E-state index is -0.869. The van der Waals surface area contributed by atoms with Crippen molar-refractivity contribution in [1.29, 1.82) is 0 Å². The van der Waals surface area contributed by atoms with E-state index in [2.05, 4.69) is 62.8 Å². The first kappa shape index (κ1) is 54.8. The quantitative estimate of drug-likeness (QED) is 0.0295. The maximum Gasteiger partial charge on any atom is 0.251 e. The fourth-order valence-corrected chi connectivity index (χ4v) is 10.3. The summed E-state index contributed by atoms with van der Waals surface area (Å²) < 4.78 is 12.6. The van der Waals surface area contributed by atoms with Gasteiger partial charge < -0.3 is 35.6 Å².